The smallest absolute Gasteiger partial charge is 0.328 e. The Labute approximate surface area is 140 Å². The van der Waals surface area contributed by atoms with Crippen LogP contribution in [-0.4, -0.2) is 28.2 Å². The molecule has 6 heteroatoms. The van der Waals surface area contributed by atoms with E-state index in [4.69, 9.17) is 14.6 Å². The molecule has 0 amide bonds. The number of methoxy groups -OCH3 is 1. The number of benzene rings is 1. The van der Waals surface area contributed by atoms with Crippen molar-refractivity contribution in [3.05, 3.63) is 52.6 Å². The number of aliphatic carboxylic acids is 1. The fraction of sp³-hybridized carbons (Fsp3) is 0.278. The summed E-state index contributed by atoms with van der Waals surface area (Å²) in [7, 11) is 1.54. The molecule has 0 radical (unpaired) electrons. The Hall–Kier alpha value is -2.89. The Bertz CT molecular complexity index is 785. The van der Waals surface area contributed by atoms with Crippen molar-refractivity contribution in [3.8, 4) is 11.5 Å². The van der Waals surface area contributed by atoms with Gasteiger partial charge in [0.05, 0.1) is 29.9 Å². The summed E-state index contributed by atoms with van der Waals surface area (Å²) in [5, 5.41) is 8.82. The van der Waals surface area contributed by atoms with Crippen LogP contribution in [0.25, 0.3) is 6.08 Å². The third-order valence-corrected chi connectivity index (χ3v) is 3.57. The molecule has 0 aliphatic heterocycles. The molecule has 0 saturated heterocycles. The molecule has 1 N–H and O–H groups in total. The maximum absolute atomic E-state index is 10.8. The van der Waals surface area contributed by atoms with E-state index in [9.17, 15) is 4.79 Å². The molecule has 1 aromatic heterocycles. The fourth-order valence-corrected chi connectivity index (χ4v) is 2.18. The second-order valence-corrected chi connectivity index (χ2v) is 5.27. The number of hydrogen-bond donors (Lipinski definition) is 1. The topological polar surface area (TPSA) is 81.5 Å². The van der Waals surface area contributed by atoms with Gasteiger partial charge in [0.2, 0.25) is 0 Å². The molecule has 0 atom stereocenters. The highest BCUT2D eigenvalue weighted by atomic mass is 16.5. The summed E-state index contributed by atoms with van der Waals surface area (Å²) in [6.45, 7) is 5.91. The molecule has 0 bridgehead atoms. The zero-order valence-corrected chi connectivity index (χ0v) is 14.2. The van der Waals surface area contributed by atoms with Crippen molar-refractivity contribution in [2.24, 2.45) is 0 Å². The van der Waals surface area contributed by atoms with Crippen LogP contribution in [0.1, 0.15) is 28.3 Å². The molecule has 24 heavy (non-hydrogen) atoms. The van der Waals surface area contributed by atoms with Crippen molar-refractivity contribution in [2.45, 2.75) is 27.4 Å². The van der Waals surface area contributed by atoms with Crippen molar-refractivity contribution < 1.29 is 19.4 Å². The van der Waals surface area contributed by atoms with Crippen LogP contribution in [0.4, 0.5) is 0 Å². The van der Waals surface area contributed by atoms with Gasteiger partial charge in [-0.15, -0.1) is 0 Å². The Kier molecular flexibility index (Phi) is 5.52. The molecule has 2 rings (SSSR count). The minimum atomic E-state index is -1.03. The first-order valence-corrected chi connectivity index (χ1v) is 7.44. The third kappa shape index (κ3) is 4.10. The monoisotopic (exact) mass is 328 g/mol. The van der Waals surface area contributed by atoms with Crippen LogP contribution in [0.2, 0.25) is 0 Å². The number of aryl methyl sites for hydroxylation is 3. The van der Waals surface area contributed by atoms with Crippen LogP contribution in [-0.2, 0) is 11.4 Å². The summed E-state index contributed by atoms with van der Waals surface area (Å²) in [6.07, 6.45) is 2.53. The molecule has 6 nitrogen and oxygen atoms in total. The molecule has 2 aromatic rings. The van der Waals surface area contributed by atoms with Crippen LogP contribution in [0.3, 0.4) is 0 Å². The molecular formula is C18H20N2O4. The lowest BCUT2D eigenvalue weighted by Crippen LogP contribution is -2.07. The number of carbonyl (C=O) groups is 1. The van der Waals surface area contributed by atoms with Crippen molar-refractivity contribution in [1.29, 1.82) is 0 Å². The highest BCUT2D eigenvalue weighted by Crippen LogP contribution is 2.32. The van der Waals surface area contributed by atoms with Gasteiger partial charge in [0.25, 0.3) is 0 Å². The summed E-state index contributed by atoms with van der Waals surface area (Å²) >= 11 is 0. The van der Waals surface area contributed by atoms with E-state index in [0.29, 0.717) is 17.1 Å². The first kappa shape index (κ1) is 17.5. The molecule has 0 fully saturated rings. The second-order valence-electron chi connectivity index (χ2n) is 5.27. The fourth-order valence-electron chi connectivity index (χ4n) is 2.18. The third-order valence-electron chi connectivity index (χ3n) is 3.57. The number of carboxylic acid groups (broad SMARTS) is 1. The highest BCUT2D eigenvalue weighted by Gasteiger charge is 2.12. The Morgan fingerprint density at radius 2 is 1.88 bits per heavy atom. The molecule has 1 aromatic carbocycles. The van der Waals surface area contributed by atoms with E-state index in [1.807, 2.05) is 20.8 Å². The number of aromatic nitrogens is 2. The standard InChI is InChI=1S/C18H20N2O4/c1-11-12(2)20-15(13(3)19-11)10-24-18-14(8-9-17(21)22)6-5-7-16(18)23-4/h5-9H,10H2,1-4H3,(H,21,22)/b9-8+. The average molecular weight is 328 g/mol. The number of nitrogens with zero attached hydrogens (tertiary/aromatic N) is 2. The van der Waals surface area contributed by atoms with Gasteiger partial charge in [-0.2, -0.15) is 0 Å². The van der Waals surface area contributed by atoms with Crippen LogP contribution in [0.15, 0.2) is 24.3 Å². The molecule has 126 valence electrons. The maximum Gasteiger partial charge on any atom is 0.328 e. The van der Waals surface area contributed by atoms with Gasteiger partial charge in [0.1, 0.15) is 6.61 Å². The molecule has 0 spiro atoms. The van der Waals surface area contributed by atoms with Gasteiger partial charge in [-0.3, -0.25) is 9.97 Å². The van der Waals surface area contributed by atoms with Gasteiger partial charge in [-0.25, -0.2) is 4.79 Å². The van der Waals surface area contributed by atoms with Crippen LogP contribution >= 0.6 is 0 Å². The Morgan fingerprint density at radius 3 is 2.54 bits per heavy atom. The summed E-state index contributed by atoms with van der Waals surface area (Å²) in [6, 6.07) is 5.29. The number of hydrogen-bond acceptors (Lipinski definition) is 5. The van der Waals surface area contributed by atoms with E-state index < -0.39 is 5.97 Å². The molecule has 0 unspecified atom stereocenters. The van der Waals surface area contributed by atoms with Crippen LogP contribution in [0, 0.1) is 20.8 Å². The van der Waals surface area contributed by atoms with Gasteiger partial charge in [-0.1, -0.05) is 12.1 Å². The summed E-state index contributed by atoms with van der Waals surface area (Å²) in [5.74, 6) is -0.0337. The van der Waals surface area contributed by atoms with Crippen molar-refractivity contribution in [3.63, 3.8) is 0 Å². The largest absolute Gasteiger partial charge is 0.493 e. The maximum atomic E-state index is 10.8. The SMILES string of the molecule is COc1cccc(/C=C/C(=O)O)c1OCc1nc(C)c(C)nc1C. The van der Waals surface area contributed by atoms with E-state index in [0.717, 1.165) is 28.9 Å². The van der Waals surface area contributed by atoms with E-state index in [2.05, 4.69) is 9.97 Å². The molecule has 0 saturated carbocycles. The second kappa shape index (κ2) is 7.59. The van der Waals surface area contributed by atoms with E-state index in [-0.39, 0.29) is 6.61 Å². The lowest BCUT2D eigenvalue weighted by Gasteiger charge is -2.14. The number of para-hydroxylation sites is 1. The Balaban J connectivity index is 2.32. The van der Waals surface area contributed by atoms with E-state index >= 15 is 0 Å². The Morgan fingerprint density at radius 1 is 1.17 bits per heavy atom. The first-order chi connectivity index (χ1) is 11.4. The van der Waals surface area contributed by atoms with E-state index in [1.165, 1.54) is 13.2 Å². The zero-order valence-electron chi connectivity index (χ0n) is 14.2. The van der Waals surface area contributed by atoms with Gasteiger partial charge in [0.15, 0.2) is 11.5 Å². The first-order valence-electron chi connectivity index (χ1n) is 7.44. The van der Waals surface area contributed by atoms with Crippen molar-refractivity contribution >= 4 is 12.0 Å². The van der Waals surface area contributed by atoms with Crippen molar-refractivity contribution in [2.75, 3.05) is 7.11 Å². The predicted molar refractivity (Wildman–Crippen MR) is 90.2 cm³/mol. The van der Waals surface area contributed by atoms with Gasteiger partial charge < -0.3 is 14.6 Å². The summed E-state index contributed by atoms with van der Waals surface area (Å²) < 4.78 is 11.2. The number of ether oxygens (including phenoxy) is 2. The van der Waals surface area contributed by atoms with Crippen LogP contribution in [0.5, 0.6) is 11.5 Å². The van der Waals surface area contributed by atoms with E-state index in [1.54, 1.807) is 18.2 Å². The van der Waals surface area contributed by atoms with Crippen molar-refractivity contribution in [1.82, 2.24) is 9.97 Å². The summed E-state index contributed by atoms with van der Waals surface area (Å²) in [5.41, 5.74) is 3.89. The normalized spacial score (nSPS) is 10.8. The molecule has 1 heterocycles. The lowest BCUT2D eigenvalue weighted by atomic mass is 10.1. The highest BCUT2D eigenvalue weighted by molar-refractivity contribution is 5.86. The summed E-state index contributed by atoms with van der Waals surface area (Å²) in [4.78, 5) is 19.7. The quantitative estimate of drug-likeness (QED) is 0.821. The number of carboxylic acids is 1. The molecule has 0 aliphatic carbocycles. The molecular weight excluding hydrogens is 308 g/mol. The van der Waals surface area contributed by atoms with Gasteiger partial charge in [0, 0.05) is 11.6 Å². The average Bonchev–Trinajstić information content (AvgIpc) is 2.55. The number of rotatable bonds is 6. The predicted octanol–water partition coefficient (Wildman–Crippen LogP) is 3.09. The lowest BCUT2D eigenvalue weighted by molar-refractivity contribution is -0.131. The van der Waals surface area contributed by atoms with Gasteiger partial charge in [-0.05, 0) is 32.9 Å². The minimum absolute atomic E-state index is 0.217. The van der Waals surface area contributed by atoms with Crippen LogP contribution < -0.4 is 9.47 Å². The van der Waals surface area contributed by atoms with Gasteiger partial charge >= 0.3 is 5.97 Å². The molecule has 0 aliphatic rings. The minimum Gasteiger partial charge on any atom is -0.493 e. The zero-order chi connectivity index (χ0) is 17.7.